The number of rotatable bonds is 6. The van der Waals surface area contributed by atoms with Gasteiger partial charge < -0.3 is 15.4 Å². The molecule has 104 valence electrons. The lowest BCUT2D eigenvalue weighted by molar-refractivity contribution is 0.128. The highest BCUT2D eigenvalue weighted by Gasteiger charge is 2.11. The molecule has 0 amide bonds. The van der Waals surface area contributed by atoms with Crippen LogP contribution in [0.4, 0.5) is 11.8 Å². The smallest absolute Gasteiger partial charge is 0.226 e. The summed E-state index contributed by atoms with van der Waals surface area (Å²) in [7, 11) is 1.71. The summed E-state index contributed by atoms with van der Waals surface area (Å²) in [5, 5.41) is 7.58. The summed E-state index contributed by atoms with van der Waals surface area (Å²) in [4.78, 5) is 11.3. The van der Waals surface area contributed by atoms with Gasteiger partial charge in [0.2, 0.25) is 5.95 Å². The van der Waals surface area contributed by atoms with Crippen molar-refractivity contribution in [3.63, 3.8) is 0 Å². The molecule has 2 heterocycles. The van der Waals surface area contributed by atoms with E-state index in [0.29, 0.717) is 5.95 Å². The molecule has 0 aliphatic carbocycles. The van der Waals surface area contributed by atoms with Crippen LogP contribution in [0.2, 0.25) is 0 Å². The van der Waals surface area contributed by atoms with Crippen LogP contribution in [-0.2, 0) is 4.74 Å². The maximum Gasteiger partial charge on any atom is 0.226 e. The number of hydrogen-bond acceptors (Lipinski definition) is 6. The van der Waals surface area contributed by atoms with Gasteiger partial charge in [0.1, 0.15) is 10.6 Å². The fourth-order valence-corrected chi connectivity index (χ4v) is 2.62. The van der Waals surface area contributed by atoms with Gasteiger partial charge in [0.05, 0.1) is 11.5 Å². The van der Waals surface area contributed by atoms with Crippen LogP contribution < -0.4 is 10.6 Å². The van der Waals surface area contributed by atoms with Crippen molar-refractivity contribution in [3.05, 3.63) is 10.9 Å². The molecule has 0 aromatic carbocycles. The molecular weight excluding hydrogens is 260 g/mol. The van der Waals surface area contributed by atoms with Crippen LogP contribution >= 0.6 is 11.3 Å². The quantitative estimate of drug-likeness (QED) is 0.852. The molecule has 2 aromatic rings. The van der Waals surface area contributed by atoms with Crippen molar-refractivity contribution in [2.75, 3.05) is 30.8 Å². The lowest BCUT2D eigenvalue weighted by Crippen LogP contribution is -2.19. The number of nitrogens with one attached hydrogen (secondary N) is 2. The molecule has 0 saturated carbocycles. The third-order valence-electron chi connectivity index (χ3n) is 2.81. The molecule has 1 atom stereocenters. The Balaban J connectivity index is 2.32. The first-order valence-corrected chi connectivity index (χ1v) is 7.24. The van der Waals surface area contributed by atoms with Gasteiger partial charge in [-0.1, -0.05) is 0 Å². The van der Waals surface area contributed by atoms with Gasteiger partial charge >= 0.3 is 0 Å². The molecule has 2 aromatic heterocycles. The number of thiophene rings is 1. The Morgan fingerprint density at radius 3 is 2.84 bits per heavy atom. The highest BCUT2D eigenvalue weighted by atomic mass is 32.1. The van der Waals surface area contributed by atoms with E-state index < -0.39 is 0 Å². The molecule has 5 nitrogen and oxygen atoms in total. The summed E-state index contributed by atoms with van der Waals surface area (Å²) in [6, 6.07) is 2.12. The Bertz CT molecular complexity index is 555. The number of aromatic nitrogens is 2. The predicted molar refractivity (Wildman–Crippen MR) is 81.3 cm³/mol. The van der Waals surface area contributed by atoms with Crippen LogP contribution in [0.3, 0.4) is 0 Å². The van der Waals surface area contributed by atoms with Crippen molar-refractivity contribution in [3.8, 4) is 0 Å². The summed E-state index contributed by atoms with van der Waals surface area (Å²) in [5.74, 6) is 1.54. The van der Waals surface area contributed by atoms with Crippen molar-refractivity contribution in [2.45, 2.75) is 26.9 Å². The molecule has 2 N–H and O–H groups in total. The minimum absolute atomic E-state index is 0.146. The van der Waals surface area contributed by atoms with Crippen molar-refractivity contribution < 1.29 is 4.74 Å². The monoisotopic (exact) mass is 280 g/mol. The molecular formula is C13H20N4OS. The van der Waals surface area contributed by atoms with Crippen LogP contribution in [0.5, 0.6) is 0 Å². The Kier molecular flexibility index (Phi) is 4.55. The third-order valence-corrected chi connectivity index (χ3v) is 3.75. The normalized spacial score (nSPS) is 12.6. The van der Waals surface area contributed by atoms with E-state index >= 15 is 0 Å². The molecule has 0 aliphatic rings. The van der Waals surface area contributed by atoms with Gasteiger partial charge in [-0.05, 0) is 26.8 Å². The fourth-order valence-electron chi connectivity index (χ4n) is 1.74. The largest absolute Gasteiger partial charge is 0.380 e. The summed E-state index contributed by atoms with van der Waals surface area (Å²) in [6.07, 6.45) is 0.146. The van der Waals surface area contributed by atoms with E-state index in [1.165, 1.54) is 4.88 Å². The minimum Gasteiger partial charge on any atom is -0.380 e. The molecule has 0 aliphatic heterocycles. The zero-order valence-electron chi connectivity index (χ0n) is 11.8. The maximum atomic E-state index is 5.25. The first-order chi connectivity index (χ1) is 9.13. The number of anilines is 2. The average molecular weight is 280 g/mol. The first-order valence-electron chi connectivity index (χ1n) is 6.42. The highest BCUT2D eigenvalue weighted by molar-refractivity contribution is 7.18. The molecule has 0 radical (unpaired) electrons. The lowest BCUT2D eigenvalue weighted by Gasteiger charge is -2.12. The molecule has 19 heavy (non-hydrogen) atoms. The zero-order valence-corrected chi connectivity index (χ0v) is 12.6. The Hall–Kier alpha value is -1.40. The van der Waals surface area contributed by atoms with E-state index in [0.717, 1.165) is 29.1 Å². The summed E-state index contributed by atoms with van der Waals surface area (Å²) >= 11 is 1.68. The second kappa shape index (κ2) is 6.16. The van der Waals surface area contributed by atoms with Crippen molar-refractivity contribution in [2.24, 2.45) is 0 Å². The van der Waals surface area contributed by atoms with Crippen molar-refractivity contribution in [1.82, 2.24) is 9.97 Å². The van der Waals surface area contributed by atoms with Gasteiger partial charge in [-0.3, -0.25) is 0 Å². The summed E-state index contributed by atoms with van der Waals surface area (Å²) < 4.78 is 5.25. The molecule has 0 bridgehead atoms. The van der Waals surface area contributed by atoms with E-state index in [2.05, 4.69) is 33.6 Å². The van der Waals surface area contributed by atoms with Crippen LogP contribution in [0.15, 0.2) is 6.07 Å². The summed E-state index contributed by atoms with van der Waals surface area (Å²) in [5.41, 5.74) is 0. The minimum atomic E-state index is 0.146. The van der Waals surface area contributed by atoms with Gasteiger partial charge in [-0.15, -0.1) is 11.3 Å². The van der Waals surface area contributed by atoms with Crippen LogP contribution in [0, 0.1) is 6.92 Å². The molecule has 2 rings (SSSR count). The number of nitrogens with zero attached hydrogens (tertiary/aromatic N) is 2. The van der Waals surface area contributed by atoms with E-state index in [4.69, 9.17) is 4.74 Å². The molecule has 1 unspecified atom stereocenters. The van der Waals surface area contributed by atoms with Crippen molar-refractivity contribution in [1.29, 1.82) is 0 Å². The molecule has 0 fully saturated rings. The lowest BCUT2D eigenvalue weighted by atomic mass is 10.3. The number of ether oxygens (including phenoxy) is 1. The second-order valence-electron chi connectivity index (χ2n) is 4.43. The van der Waals surface area contributed by atoms with Crippen LogP contribution in [0.1, 0.15) is 18.7 Å². The average Bonchev–Trinajstić information content (AvgIpc) is 2.76. The van der Waals surface area contributed by atoms with E-state index in [1.807, 2.05) is 13.8 Å². The van der Waals surface area contributed by atoms with Crippen LogP contribution in [-0.4, -0.2) is 36.3 Å². The van der Waals surface area contributed by atoms with Gasteiger partial charge in [0, 0.05) is 25.1 Å². The Morgan fingerprint density at radius 1 is 1.37 bits per heavy atom. The topological polar surface area (TPSA) is 59.1 Å². The third kappa shape index (κ3) is 3.33. The Morgan fingerprint density at radius 2 is 2.16 bits per heavy atom. The predicted octanol–water partition coefficient (Wildman–Crippen LogP) is 2.88. The SMILES string of the molecule is CCNc1nc(NCC(C)OC)c2cc(C)sc2n1. The Labute approximate surface area is 117 Å². The van der Waals surface area contributed by atoms with Gasteiger partial charge in [0.25, 0.3) is 0 Å². The number of hydrogen-bond donors (Lipinski definition) is 2. The van der Waals surface area contributed by atoms with Gasteiger partial charge in [-0.25, -0.2) is 4.98 Å². The zero-order chi connectivity index (χ0) is 13.8. The van der Waals surface area contributed by atoms with Crippen molar-refractivity contribution >= 4 is 33.3 Å². The van der Waals surface area contributed by atoms with E-state index in [9.17, 15) is 0 Å². The number of fused-ring (bicyclic) bond motifs is 1. The van der Waals surface area contributed by atoms with E-state index in [-0.39, 0.29) is 6.10 Å². The fraction of sp³-hybridized carbons (Fsp3) is 0.538. The summed E-state index contributed by atoms with van der Waals surface area (Å²) in [6.45, 7) is 7.68. The molecule has 6 heteroatoms. The number of aryl methyl sites for hydroxylation is 1. The van der Waals surface area contributed by atoms with Gasteiger partial charge in [0.15, 0.2) is 0 Å². The standard InChI is InChI=1S/C13H20N4OS/c1-5-14-13-16-11(15-7-8(2)18-4)10-6-9(3)19-12(10)17-13/h6,8H,5,7H2,1-4H3,(H2,14,15,16,17). The van der Waals surface area contributed by atoms with Crippen LogP contribution in [0.25, 0.3) is 10.2 Å². The second-order valence-corrected chi connectivity index (χ2v) is 5.66. The molecule has 0 saturated heterocycles. The number of methoxy groups -OCH3 is 1. The highest BCUT2D eigenvalue weighted by Crippen LogP contribution is 2.29. The molecule has 0 spiro atoms. The van der Waals surface area contributed by atoms with Gasteiger partial charge in [-0.2, -0.15) is 4.98 Å². The van der Waals surface area contributed by atoms with E-state index in [1.54, 1.807) is 18.4 Å². The first kappa shape index (κ1) is 14.0. The maximum absolute atomic E-state index is 5.25.